The van der Waals surface area contributed by atoms with Crippen LogP contribution in [0.1, 0.15) is 10.7 Å². The second kappa shape index (κ2) is 9.40. The standard InChI is InChI=1S/C19H16F2N4O4/c20-13-3-1-12(2-4-13)17-24-19(29-25-17)18(27)23-10-9-22-16(26)11-28-15-7-5-14(21)6-8-15/h1-8H,9-11H2,(H,22,26)(H,23,27). The number of halogens is 2. The molecule has 10 heteroatoms. The molecule has 0 radical (unpaired) electrons. The summed E-state index contributed by atoms with van der Waals surface area (Å²) in [6, 6.07) is 10.7. The van der Waals surface area contributed by atoms with Gasteiger partial charge in [-0.2, -0.15) is 4.98 Å². The van der Waals surface area contributed by atoms with Crippen molar-refractivity contribution in [2.75, 3.05) is 19.7 Å². The highest BCUT2D eigenvalue weighted by Gasteiger charge is 2.15. The third-order valence-corrected chi connectivity index (χ3v) is 3.64. The molecule has 1 aromatic heterocycles. The molecule has 0 atom stereocenters. The summed E-state index contributed by atoms with van der Waals surface area (Å²) < 4.78 is 35.8. The van der Waals surface area contributed by atoms with Gasteiger partial charge in [-0.05, 0) is 48.5 Å². The topological polar surface area (TPSA) is 106 Å². The molecule has 0 unspecified atom stereocenters. The van der Waals surface area contributed by atoms with Crippen LogP contribution in [0.5, 0.6) is 5.75 Å². The van der Waals surface area contributed by atoms with Crippen molar-refractivity contribution in [1.29, 1.82) is 0 Å². The zero-order valence-electron chi connectivity index (χ0n) is 15.0. The van der Waals surface area contributed by atoms with E-state index in [9.17, 15) is 18.4 Å². The zero-order valence-corrected chi connectivity index (χ0v) is 15.0. The van der Waals surface area contributed by atoms with Crippen molar-refractivity contribution in [3.05, 3.63) is 66.1 Å². The van der Waals surface area contributed by atoms with Crippen molar-refractivity contribution in [2.24, 2.45) is 0 Å². The number of benzene rings is 2. The highest BCUT2D eigenvalue weighted by molar-refractivity contribution is 5.89. The number of nitrogens with zero attached hydrogens (tertiary/aromatic N) is 2. The van der Waals surface area contributed by atoms with Crippen LogP contribution < -0.4 is 15.4 Å². The van der Waals surface area contributed by atoms with Crippen LogP contribution in [0, 0.1) is 11.6 Å². The average Bonchev–Trinajstić information content (AvgIpc) is 3.21. The van der Waals surface area contributed by atoms with E-state index in [1.165, 1.54) is 48.5 Å². The number of aromatic nitrogens is 2. The molecule has 2 aromatic carbocycles. The van der Waals surface area contributed by atoms with E-state index in [4.69, 9.17) is 9.26 Å². The van der Waals surface area contributed by atoms with Gasteiger partial charge in [-0.25, -0.2) is 8.78 Å². The Morgan fingerprint density at radius 2 is 1.55 bits per heavy atom. The molecule has 0 aliphatic rings. The lowest BCUT2D eigenvalue weighted by molar-refractivity contribution is -0.123. The molecule has 0 saturated heterocycles. The molecule has 0 bridgehead atoms. The third kappa shape index (κ3) is 5.83. The fourth-order valence-electron chi connectivity index (χ4n) is 2.22. The molecule has 0 saturated carbocycles. The molecule has 2 amide bonds. The number of nitrogens with one attached hydrogen (secondary N) is 2. The van der Waals surface area contributed by atoms with Gasteiger partial charge < -0.3 is 19.9 Å². The first-order valence-corrected chi connectivity index (χ1v) is 8.54. The van der Waals surface area contributed by atoms with Crippen LogP contribution in [-0.4, -0.2) is 41.7 Å². The molecule has 0 aliphatic carbocycles. The van der Waals surface area contributed by atoms with Gasteiger partial charge in [-0.3, -0.25) is 9.59 Å². The van der Waals surface area contributed by atoms with E-state index in [0.717, 1.165) is 0 Å². The largest absolute Gasteiger partial charge is 0.484 e. The van der Waals surface area contributed by atoms with E-state index in [1.54, 1.807) is 0 Å². The SMILES string of the molecule is O=C(COc1ccc(F)cc1)NCCNC(=O)c1nc(-c2ccc(F)cc2)no1. The first-order chi connectivity index (χ1) is 14.0. The Hall–Kier alpha value is -3.82. The van der Waals surface area contributed by atoms with Crippen LogP contribution in [-0.2, 0) is 4.79 Å². The number of rotatable bonds is 8. The summed E-state index contributed by atoms with van der Waals surface area (Å²) in [6.45, 7) is 0.0238. The summed E-state index contributed by atoms with van der Waals surface area (Å²) in [7, 11) is 0. The molecule has 0 aliphatic heterocycles. The van der Waals surface area contributed by atoms with E-state index in [1.807, 2.05) is 0 Å². The lowest BCUT2D eigenvalue weighted by atomic mass is 10.2. The predicted molar refractivity (Wildman–Crippen MR) is 96.9 cm³/mol. The van der Waals surface area contributed by atoms with Crippen molar-refractivity contribution in [3.8, 4) is 17.1 Å². The number of hydrogen-bond acceptors (Lipinski definition) is 6. The Morgan fingerprint density at radius 1 is 0.931 bits per heavy atom. The van der Waals surface area contributed by atoms with Crippen molar-refractivity contribution in [3.63, 3.8) is 0 Å². The molecule has 8 nitrogen and oxygen atoms in total. The van der Waals surface area contributed by atoms with Crippen molar-refractivity contribution < 1.29 is 27.6 Å². The van der Waals surface area contributed by atoms with Crippen molar-refractivity contribution in [1.82, 2.24) is 20.8 Å². The van der Waals surface area contributed by atoms with Crippen molar-refractivity contribution in [2.45, 2.75) is 0 Å². The maximum atomic E-state index is 12.9. The molecular weight excluding hydrogens is 386 g/mol. The Bertz CT molecular complexity index is 975. The van der Waals surface area contributed by atoms with Gasteiger partial charge in [0, 0.05) is 18.7 Å². The molecule has 2 N–H and O–H groups in total. The van der Waals surface area contributed by atoms with E-state index in [-0.39, 0.29) is 31.4 Å². The Labute approximate surface area is 163 Å². The zero-order chi connectivity index (χ0) is 20.6. The highest BCUT2D eigenvalue weighted by Crippen LogP contribution is 2.16. The molecule has 3 aromatic rings. The Kier molecular flexibility index (Phi) is 6.46. The molecule has 3 rings (SSSR count). The van der Waals surface area contributed by atoms with Gasteiger partial charge in [-0.15, -0.1) is 0 Å². The van der Waals surface area contributed by atoms with Crippen LogP contribution in [0.2, 0.25) is 0 Å². The fraction of sp³-hybridized carbons (Fsp3) is 0.158. The first-order valence-electron chi connectivity index (χ1n) is 8.54. The number of carbonyl (C=O) groups is 2. The van der Waals surface area contributed by atoms with Crippen LogP contribution >= 0.6 is 0 Å². The van der Waals surface area contributed by atoms with E-state index in [2.05, 4.69) is 20.8 Å². The van der Waals surface area contributed by atoms with Crippen LogP contribution in [0.25, 0.3) is 11.4 Å². The predicted octanol–water partition coefficient (Wildman–Crippen LogP) is 1.94. The summed E-state index contributed by atoms with van der Waals surface area (Å²) in [4.78, 5) is 27.6. The fourth-order valence-corrected chi connectivity index (χ4v) is 2.22. The van der Waals surface area contributed by atoms with Crippen molar-refractivity contribution >= 4 is 11.8 Å². The van der Waals surface area contributed by atoms with Crippen LogP contribution in [0.15, 0.2) is 53.1 Å². The highest BCUT2D eigenvalue weighted by atomic mass is 19.1. The summed E-state index contributed by atoms with van der Waals surface area (Å²) in [5.41, 5.74) is 0.502. The first kappa shape index (κ1) is 19.9. The summed E-state index contributed by atoms with van der Waals surface area (Å²) in [6.07, 6.45) is 0. The third-order valence-electron chi connectivity index (χ3n) is 3.64. The maximum Gasteiger partial charge on any atom is 0.316 e. The van der Waals surface area contributed by atoms with Gasteiger partial charge in [0.2, 0.25) is 5.82 Å². The quantitative estimate of drug-likeness (QED) is 0.558. The minimum absolute atomic E-state index is 0.120. The number of amides is 2. The molecule has 150 valence electrons. The van der Waals surface area contributed by atoms with Gasteiger partial charge in [-0.1, -0.05) is 5.16 Å². The minimum Gasteiger partial charge on any atom is -0.484 e. The molecule has 1 heterocycles. The molecule has 0 spiro atoms. The second-order valence-corrected chi connectivity index (χ2v) is 5.78. The molecule has 29 heavy (non-hydrogen) atoms. The molecule has 0 fully saturated rings. The van der Waals surface area contributed by atoms with Gasteiger partial charge >= 0.3 is 11.8 Å². The number of hydrogen-bond donors (Lipinski definition) is 2. The Morgan fingerprint density at radius 3 is 2.24 bits per heavy atom. The van der Waals surface area contributed by atoms with Gasteiger partial charge in [0.1, 0.15) is 17.4 Å². The molecular formula is C19H16F2N4O4. The lowest BCUT2D eigenvalue weighted by Crippen LogP contribution is -2.36. The summed E-state index contributed by atoms with van der Waals surface area (Å²) in [5.74, 6) is -1.55. The lowest BCUT2D eigenvalue weighted by Gasteiger charge is -2.07. The van der Waals surface area contributed by atoms with E-state index < -0.39 is 23.4 Å². The average molecular weight is 402 g/mol. The number of ether oxygens (including phenoxy) is 1. The monoisotopic (exact) mass is 402 g/mol. The number of carbonyl (C=O) groups excluding carboxylic acids is 2. The normalized spacial score (nSPS) is 10.4. The summed E-state index contributed by atoms with van der Waals surface area (Å²) >= 11 is 0. The van der Waals surface area contributed by atoms with Gasteiger partial charge in [0.05, 0.1) is 0 Å². The maximum absolute atomic E-state index is 12.9. The minimum atomic E-state index is -0.609. The smallest absolute Gasteiger partial charge is 0.316 e. The van der Waals surface area contributed by atoms with Gasteiger partial charge in [0.25, 0.3) is 5.91 Å². The van der Waals surface area contributed by atoms with Crippen LogP contribution in [0.3, 0.4) is 0 Å². The van der Waals surface area contributed by atoms with E-state index >= 15 is 0 Å². The second-order valence-electron chi connectivity index (χ2n) is 5.78. The Balaban J connectivity index is 1.38. The van der Waals surface area contributed by atoms with Crippen LogP contribution in [0.4, 0.5) is 8.78 Å². The van der Waals surface area contributed by atoms with E-state index in [0.29, 0.717) is 11.3 Å². The summed E-state index contributed by atoms with van der Waals surface area (Å²) in [5, 5.41) is 8.74. The van der Waals surface area contributed by atoms with Gasteiger partial charge in [0.15, 0.2) is 6.61 Å².